The molecule has 1 heterocycles. The first kappa shape index (κ1) is 16.6. The van der Waals surface area contributed by atoms with Crippen LogP contribution in [0.15, 0.2) is 5.38 Å². The second kappa shape index (κ2) is 8.67. The van der Waals surface area contributed by atoms with E-state index in [-0.39, 0.29) is 0 Å². The summed E-state index contributed by atoms with van der Waals surface area (Å²) in [6.07, 6.45) is 2.42. The number of thiazole rings is 1. The maximum Gasteiger partial charge on any atom is 0.107 e. The van der Waals surface area contributed by atoms with Gasteiger partial charge in [0.25, 0.3) is 0 Å². The van der Waals surface area contributed by atoms with Crippen molar-refractivity contribution in [1.29, 1.82) is 0 Å². The Hall–Kier alpha value is -0.450. The van der Waals surface area contributed by atoms with Gasteiger partial charge in [-0.25, -0.2) is 4.98 Å². The van der Waals surface area contributed by atoms with E-state index in [1.807, 2.05) is 0 Å². The summed E-state index contributed by atoms with van der Waals surface area (Å²) in [4.78, 5) is 7.10. The van der Waals surface area contributed by atoms with Gasteiger partial charge in [0, 0.05) is 24.5 Å². The highest BCUT2D eigenvalue weighted by Crippen LogP contribution is 2.15. The highest BCUT2D eigenvalue weighted by atomic mass is 32.1. The minimum Gasteiger partial charge on any atom is -0.310 e. The number of nitrogens with one attached hydrogen (secondary N) is 1. The van der Waals surface area contributed by atoms with E-state index in [0.29, 0.717) is 6.04 Å². The van der Waals surface area contributed by atoms with Gasteiger partial charge in [-0.15, -0.1) is 11.3 Å². The maximum atomic E-state index is 4.70. The molecule has 0 saturated heterocycles. The van der Waals surface area contributed by atoms with Gasteiger partial charge in [0.15, 0.2) is 0 Å². The van der Waals surface area contributed by atoms with E-state index in [1.165, 1.54) is 23.5 Å². The van der Waals surface area contributed by atoms with Crippen molar-refractivity contribution in [3.8, 4) is 0 Å². The van der Waals surface area contributed by atoms with Gasteiger partial charge in [-0.2, -0.15) is 0 Å². The van der Waals surface area contributed by atoms with Crippen molar-refractivity contribution in [2.75, 3.05) is 13.6 Å². The normalized spacial score (nSPS) is 13.4. The predicted octanol–water partition coefficient (Wildman–Crippen LogP) is 3.51. The number of hydrogen-bond acceptors (Lipinski definition) is 4. The van der Waals surface area contributed by atoms with Crippen LogP contribution >= 0.6 is 11.3 Å². The number of hydrogen-bond donors (Lipinski definition) is 1. The molecular formula is C15H29N3S. The fourth-order valence-corrected chi connectivity index (χ4v) is 2.90. The third-order valence-corrected chi connectivity index (χ3v) is 4.18. The Morgan fingerprint density at radius 2 is 2.11 bits per heavy atom. The summed E-state index contributed by atoms with van der Waals surface area (Å²) in [5.74, 6) is 0.752. The highest BCUT2D eigenvalue weighted by molar-refractivity contribution is 7.09. The average molecular weight is 283 g/mol. The highest BCUT2D eigenvalue weighted by Gasteiger charge is 2.12. The minimum absolute atomic E-state index is 0.614. The van der Waals surface area contributed by atoms with Gasteiger partial charge in [-0.05, 0) is 39.3 Å². The molecule has 19 heavy (non-hydrogen) atoms. The zero-order chi connectivity index (χ0) is 14.3. The first-order valence-corrected chi connectivity index (χ1v) is 8.25. The Morgan fingerprint density at radius 3 is 2.74 bits per heavy atom. The summed E-state index contributed by atoms with van der Waals surface area (Å²) in [7, 11) is 2.20. The molecule has 0 amide bonds. The van der Waals surface area contributed by atoms with Gasteiger partial charge >= 0.3 is 0 Å². The van der Waals surface area contributed by atoms with Gasteiger partial charge in [0.05, 0.1) is 5.69 Å². The maximum absolute atomic E-state index is 4.70. The van der Waals surface area contributed by atoms with E-state index in [9.17, 15) is 0 Å². The molecule has 4 heteroatoms. The van der Waals surface area contributed by atoms with Crippen LogP contribution in [0.25, 0.3) is 0 Å². The number of aromatic nitrogens is 1. The molecule has 0 radical (unpaired) electrons. The van der Waals surface area contributed by atoms with E-state index < -0.39 is 0 Å². The van der Waals surface area contributed by atoms with Crippen molar-refractivity contribution in [2.24, 2.45) is 5.92 Å². The molecule has 0 bridgehead atoms. The van der Waals surface area contributed by atoms with Crippen LogP contribution in [-0.4, -0.2) is 29.5 Å². The second-order valence-corrected chi connectivity index (χ2v) is 6.75. The molecule has 3 nitrogen and oxygen atoms in total. The molecule has 0 spiro atoms. The molecule has 0 aliphatic carbocycles. The first-order valence-electron chi connectivity index (χ1n) is 7.37. The quantitative estimate of drug-likeness (QED) is 0.703. The van der Waals surface area contributed by atoms with Crippen LogP contribution in [0.4, 0.5) is 0 Å². The Bertz CT molecular complexity index is 349. The van der Waals surface area contributed by atoms with Crippen LogP contribution in [0.1, 0.15) is 51.2 Å². The van der Waals surface area contributed by atoms with Crippen molar-refractivity contribution in [2.45, 2.75) is 59.7 Å². The topological polar surface area (TPSA) is 28.2 Å². The lowest BCUT2D eigenvalue weighted by atomic mass is 10.0. The molecule has 1 N–H and O–H groups in total. The monoisotopic (exact) mass is 283 g/mol. The molecular weight excluding hydrogens is 254 g/mol. The van der Waals surface area contributed by atoms with Crippen LogP contribution in [0.5, 0.6) is 0 Å². The summed E-state index contributed by atoms with van der Waals surface area (Å²) in [5.41, 5.74) is 1.21. The van der Waals surface area contributed by atoms with Crippen LogP contribution in [0.2, 0.25) is 0 Å². The van der Waals surface area contributed by atoms with Crippen molar-refractivity contribution in [3.63, 3.8) is 0 Å². The number of rotatable bonds is 9. The standard InChI is InChI=1S/C15H29N3S/c1-6-7-16-9-15-17-14(11-19-15)10-18(5)13(4)8-12(2)3/h11-13,16H,6-10H2,1-5H3. The van der Waals surface area contributed by atoms with Crippen LogP contribution < -0.4 is 5.32 Å². The molecule has 0 aliphatic rings. The van der Waals surface area contributed by atoms with Crippen molar-refractivity contribution in [1.82, 2.24) is 15.2 Å². The molecule has 0 aliphatic heterocycles. The molecule has 1 aromatic rings. The lowest BCUT2D eigenvalue weighted by Crippen LogP contribution is -2.29. The van der Waals surface area contributed by atoms with E-state index >= 15 is 0 Å². The Kier molecular flexibility index (Phi) is 7.57. The summed E-state index contributed by atoms with van der Waals surface area (Å²) in [6, 6.07) is 0.614. The average Bonchev–Trinajstić information content (AvgIpc) is 2.76. The van der Waals surface area contributed by atoms with E-state index in [4.69, 9.17) is 4.98 Å². The van der Waals surface area contributed by atoms with Crippen molar-refractivity contribution in [3.05, 3.63) is 16.1 Å². The molecule has 0 saturated carbocycles. The summed E-state index contributed by atoms with van der Waals surface area (Å²) < 4.78 is 0. The fourth-order valence-electron chi connectivity index (χ4n) is 2.15. The summed E-state index contributed by atoms with van der Waals surface area (Å²) in [5, 5.41) is 6.80. The first-order chi connectivity index (χ1) is 9.02. The van der Waals surface area contributed by atoms with Gasteiger partial charge in [-0.3, -0.25) is 4.90 Å². The zero-order valence-electron chi connectivity index (χ0n) is 13.1. The summed E-state index contributed by atoms with van der Waals surface area (Å²) in [6.45, 7) is 12.0. The fraction of sp³-hybridized carbons (Fsp3) is 0.800. The largest absolute Gasteiger partial charge is 0.310 e. The van der Waals surface area contributed by atoms with Crippen LogP contribution in [0.3, 0.4) is 0 Å². The molecule has 110 valence electrons. The van der Waals surface area contributed by atoms with Crippen molar-refractivity contribution < 1.29 is 0 Å². The van der Waals surface area contributed by atoms with E-state index in [0.717, 1.165) is 25.6 Å². The molecule has 1 atom stereocenters. The Morgan fingerprint density at radius 1 is 1.37 bits per heavy atom. The van der Waals surface area contributed by atoms with Crippen LogP contribution in [-0.2, 0) is 13.1 Å². The minimum atomic E-state index is 0.614. The van der Waals surface area contributed by atoms with E-state index in [2.05, 4.69) is 50.3 Å². The SMILES string of the molecule is CCCNCc1nc(CN(C)C(C)CC(C)C)cs1. The third-order valence-electron chi connectivity index (χ3n) is 3.28. The number of nitrogens with zero attached hydrogens (tertiary/aromatic N) is 2. The Balaban J connectivity index is 2.39. The van der Waals surface area contributed by atoms with Crippen molar-refractivity contribution >= 4 is 11.3 Å². The molecule has 0 aromatic carbocycles. The summed E-state index contributed by atoms with van der Waals surface area (Å²) >= 11 is 1.77. The molecule has 0 fully saturated rings. The lowest BCUT2D eigenvalue weighted by Gasteiger charge is -2.25. The predicted molar refractivity (Wildman–Crippen MR) is 84.5 cm³/mol. The zero-order valence-corrected chi connectivity index (χ0v) is 13.9. The smallest absolute Gasteiger partial charge is 0.107 e. The molecule has 1 aromatic heterocycles. The third kappa shape index (κ3) is 6.50. The van der Waals surface area contributed by atoms with Gasteiger partial charge in [-0.1, -0.05) is 20.8 Å². The molecule has 1 rings (SSSR count). The second-order valence-electron chi connectivity index (χ2n) is 5.80. The molecule has 1 unspecified atom stereocenters. The Labute approximate surface area is 122 Å². The van der Waals surface area contributed by atoms with Gasteiger partial charge in [0.1, 0.15) is 5.01 Å². The van der Waals surface area contributed by atoms with Gasteiger partial charge < -0.3 is 5.32 Å². The lowest BCUT2D eigenvalue weighted by molar-refractivity contribution is 0.218. The van der Waals surface area contributed by atoms with E-state index in [1.54, 1.807) is 11.3 Å². The van der Waals surface area contributed by atoms with Gasteiger partial charge in [0.2, 0.25) is 0 Å². The van der Waals surface area contributed by atoms with Crippen LogP contribution in [0, 0.1) is 5.92 Å².